The Kier molecular flexibility index (Phi) is 2.09. The zero-order valence-electron chi connectivity index (χ0n) is 6.23. The number of nitro groups is 1. The molecule has 0 aliphatic heterocycles. The van der Waals surface area contributed by atoms with Crippen molar-refractivity contribution in [1.29, 1.82) is 0 Å². The van der Waals surface area contributed by atoms with Crippen molar-refractivity contribution in [2.75, 3.05) is 7.11 Å². The third-order valence-electron chi connectivity index (χ3n) is 1.28. The van der Waals surface area contributed by atoms with Gasteiger partial charge in [0, 0.05) is 0 Å². The van der Waals surface area contributed by atoms with E-state index < -0.39 is 10.5 Å². The van der Waals surface area contributed by atoms with Gasteiger partial charge in [-0.3, -0.25) is 14.9 Å². The van der Waals surface area contributed by atoms with Gasteiger partial charge in [0.2, 0.25) is 0 Å². The molecule has 0 aromatic carbocycles. The smallest absolute Gasteiger partial charge is 0.290 e. The Bertz CT molecular complexity index is 357. The van der Waals surface area contributed by atoms with Gasteiger partial charge in [0.25, 0.3) is 11.2 Å². The van der Waals surface area contributed by atoms with Crippen molar-refractivity contribution in [2.45, 2.75) is 0 Å². The van der Waals surface area contributed by atoms with E-state index in [0.717, 1.165) is 12.3 Å². The number of aromatic amines is 1. The molecule has 1 rings (SSSR count). The van der Waals surface area contributed by atoms with E-state index in [1.54, 1.807) is 0 Å². The second kappa shape index (κ2) is 3.04. The molecule has 0 saturated heterocycles. The summed E-state index contributed by atoms with van der Waals surface area (Å²) in [6.07, 6.45) is 1.02. The van der Waals surface area contributed by atoms with E-state index in [9.17, 15) is 14.9 Å². The van der Waals surface area contributed by atoms with Gasteiger partial charge in [-0.2, -0.15) is 0 Å². The van der Waals surface area contributed by atoms with Gasteiger partial charge in [0.1, 0.15) is 0 Å². The minimum absolute atomic E-state index is 0.0656. The number of rotatable bonds is 2. The van der Waals surface area contributed by atoms with Gasteiger partial charge in [0.15, 0.2) is 5.75 Å². The van der Waals surface area contributed by atoms with Crippen molar-refractivity contribution >= 4 is 5.69 Å². The molecule has 0 aliphatic carbocycles. The molecular formula is C6H6N2O4. The number of ether oxygens (including phenoxy) is 1. The van der Waals surface area contributed by atoms with Crippen molar-refractivity contribution in [3.8, 4) is 5.75 Å². The van der Waals surface area contributed by atoms with Gasteiger partial charge in [-0.05, 0) is 0 Å². The monoisotopic (exact) mass is 170 g/mol. The highest BCUT2D eigenvalue weighted by atomic mass is 16.6. The molecule has 6 heteroatoms. The standard InChI is InChI=1S/C6H6N2O4/c1-12-5-2-4(8(10)11)3-7-6(5)9/h2-3H,1H3,(H,7,9). The Labute approximate surface area is 66.9 Å². The van der Waals surface area contributed by atoms with Gasteiger partial charge in [-0.25, -0.2) is 0 Å². The van der Waals surface area contributed by atoms with Gasteiger partial charge in [-0.1, -0.05) is 0 Å². The zero-order valence-corrected chi connectivity index (χ0v) is 6.23. The maximum absolute atomic E-state index is 10.8. The van der Waals surface area contributed by atoms with E-state index in [0.29, 0.717) is 0 Å². The number of H-pyrrole nitrogens is 1. The minimum atomic E-state index is -0.613. The van der Waals surface area contributed by atoms with Crippen LogP contribution in [0.4, 0.5) is 5.69 Å². The molecular weight excluding hydrogens is 164 g/mol. The molecule has 12 heavy (non-hydrogen) atoms. The number of methoxy groups -OCH3 is 1. The largest absolute Gasteiger partial charge is 0.491 e. The molecule has 0 unspecified atom stereocenters. The summed E-state index contributed by atoms with van der Waals surface area (Å²) in [7, 11) is 1.27. The molecule has 6 nitrogen and oxygen atoms in total. The summed E-state index contributed by atoms with van der Waals surface area (Å²) >= 11 is 0. The summed E-state index contributed by atoms with van der Waals surface area (Å²) in [5, 5.41) is 10.2. The van der Waals surface area contributed by atoms with Crippen LogP contribution in [0.1, 0.15) is 0 Å². The molecule has 1 heterocycles. The van der Waals surface area contributed by atoms with Crippen molar-refractivity contribution in [3.63, 3.8) is 0 Å². The Morgan fingerprint density at radius 1 is 1.67 bits per heavy atom. The number of nitrogens with one attached hydrogen (secondary N) is 1. The fourth-order valence-electron chi connectivity index (χ4n) is 0.709. The number of nitrogens with zero attached hydrogens (tertiary/aromatic N) is 1. The van der Waals surface area contributed by atoms with E-state index in [-0.39, 0.29) is 11.4 Å². The first kappa shape index (κ1) is 8.25. The first-order valence-electron chi connectivity index (χ1n) is 3.06. The lowest BCUT2D eigenvalue weighted by atomic mass is 10.4. The maximum Gasteiger partial charge on any atom is 0.290 e. The minimum Gasteiger partial charge on any atom is -0.491 e. The summed E-state index contributed by atoms with van der Waals surface area (Å²) in [6, 6.07) is 1.07. The Hall–Kier alpha value is -1.85. The van der Waals surface area contributed by atoms with Crippen LogP contribution in [0.15, 0.2) is 17.1 Å². The summed E-state index contributed by atoms with van der Waals surface area (Å²) in [4.78, 5) is 22.6. The molecule has 0 aliphatic rings. The summed E-state index contributed by atoms with van der Waals surface area (Å²) in [5.41, 5.74) is -0.686. The van der Waals surface area contributed by atoms with Crippen LogP contribution in [0.5, 0.6) is 5.75 Å². The van der Waals surface area contributed by atoms with Crippen LogP contribution in [0.25, 0.3) is 0 Å². The first-order chi connectivity index (χ1) is 5.65. The zero-order chi connectivity index (χ0) is 9.14. The maximum atomic E-state index is 10.8. The van der Waals surface area contributed by atoms with Crippen molar-refractivity contribution < 1.29 is 9.66 Å². The highest BCUT2D eigenvalue weighted by molar-refractivity contribution is 5.33. The van der Waals surface area contributed by atoms with Crippen LogP contribution in [0.2, 0.25) is 0 Å². The van der Waals surface area contributed by atoms with E-state index >= 15 is 0 Å². The fraction of sp³-hybridized carbons (Fsp3) is 0.167. The molecule has 0 radical (unpaired) electrons. The third-order valence-corrected chi connectivity index (χ3v) is 1.28. The van der Waals surface area contributed by atoms with Gasteiger partial charge in [0.05, 0.1) is 24.3 Å². The average Bonchev–Trinajstić information content (AvgIpc) is 2.05. The molecule has 1 aromatic heterocycles. The quantitative estimate of drug-likeness (QED) is 0.510. The van der Waals surface area contributed by atoms with E-state index in [2.05, 4.69) is 9.72 Å². The SMILES string of the molecule is COc1cc([N+](=O)[O-])c[nH]c1=O. The third kappa shape index (κ3) is 1.42. The highest BCUT2D eigenvalue weighted by Gasteiger charge is 2.08. The summed E-state index contributed by atoms with van der Waals surface area (Å²) in [5.74, 6) is -0.0656. The van der Waals surface area contributed by atoms with Crippen LogP contribution < -0.4 is 10.3 Å². The molecule has 0 spiro atoms. The number of hydrogen-bond acceptors (Lipinski definition) is 4. The lowest BCUT2D eigenvalue weighted by Crippen LogP contribution is -2.08. The molecule has 64 valence electrons. The molecule has 1 aromatic rings. The Morgan fingerprint density at radius 3 is 2.83 bits per heavy atom. The van der Waals surface area contributed by atoms with Crippen LogP contribution in [-0.4, -0.2) is 17.0 Å². The lowest BCUT2D eigenvalue weighted by molar-refractivity contribution is -0.385. The highest BCUT2D eigenvalue weighted by Crippen LogP contribution is 2.12. The Morgan fingerprint density at radius 2 is 2.33 bits per heavy atom. The normalized spacial score (nSPS) is 9.42. The predicted octanol–water partition coefficient (Wildman–Crippen LogP) is 0.292. The number of hydrogen-bond donors (Lipinski definition) is 1. The summed E-state index contributed by atoms with van der Waals surface area (Å²) in [6.45, 7) is 0. The van der Waals surface area contributed by atoms with Gasteiger partial charge < -0.3 is 9.72 Å². The van der Waals surface area contributed by atoms with Crippen molar-refractivity contribution in [1.82, 2.24) is 4.98 Å². The van der Waals surface area contributed by atoms with E-state index in [1.165, 1.54) is 7.11 Å². The first-order valence-corrected chi connectivity index (χ1v) is 3.06. The topological polar surface area (TPSA) is 85.2 Å². The van der Waals surface area contributed by atoms with Gasteiger partial charge >= 0.3 is 0 Å². The molecule has 0 atom stereocenters. The van der Waals surface area contributed by atoms with Crippen LogP contribution in [0.3, 0.4) is 0 Å². The van der Waals surface area contributed by atoms with Crippen LogP contribution >= 0.6 is 0 Å². The molecule has 0 saturated carbocycles. The van der Waals surface area contributed by atoms with Crippen molar-refractivity contribution in [2.24, 2.45) is 0 Å². The number of aromatic nitrogens is 1. The molecule has 0 bridgehead atoms. The second-order valence-corrected chi connectivity index (χ2v) is 2.01. The Balaban J connectivity index is 3.23. The second-order valence-electron chi connectivity index (χ2n) is 2.01. The van der Waals surface area contributed by atoms with E-state index in [4.69, 9.17) is 0 Å². The van der Waals surface area contributed by atoms with Crippen molar-refractivity contribution in [3.05, 3.63) is 32.7 Å². The van der Waals surface area contributed by atoms with Crippen LogP contribution in [0, 0.1) is 10.1 Å². The van der Waals surface area contributed by atoms with Crippen LogP contribution in [-0.2, 0) is 0 Å². The summed E-state index contributed by atoms with van der Waals surface area (Å²) < 4.78 is 4.59. The molecule has 0 amide bonds. The van der Waals surface area contributed by atoms with Gasteiger partial charge in [-0.15, -0.1) is 0 Å². The molecule has 0 fully saturated rings. The molecule has 1 N–H and O–H groups in total. The lowest BCUT2D eigenvalue weighted by Gasteiger charge is -1.96. The van der Waals surface area contributed by atoms with E-state index in [1.807, 2.05) is 0 Å². The predicted molar refractivity (Wildman–Crippen MR) is 40.3 cm³/mol. The number of pyridine rings is 1. The fourth-order valence-corrected chi connectivity index (χ4v) is 0.709. The average molecular weight is 170 g/mol.